The summed E-state index contributed by atoms with van der Waals surface area (Å²) in [6, 6.07) is 4.51. The Morgan fingerprint density at radius 2 is 2.14 bits per heavy atom. The number of ether oxygens (including phenoxy) is 1. The van der Waals surface area contributed by atoms with Crippen molar-refractivity contribution in [1.29, 1.82) is 0 Å². The molecule has 1 aliphatic carbocycles. The van der Waals surface area contributed by atoms with Crippen LogP contribution in [0.5, 0.6) is 5.75 Å². The van der Waals surface area contributed by atoms with Crippen molar-refractivity contribution in [3.8, 4) is 17.6 Å². The Kier molecular flexibility index (Phi) is 4.57. The fraction of sp³-hybridized carbons (Fsp3) is 0.467. The van der Waals surface area contributed by atoms with E-state index < -0.39 is 10.0 Å². The molecule has 21 heavy (non-hydrogen) atoms. The van der Waals surface area contributed by atoms with Crippen molar-refractivity contribution in [2.75, 3.05) is 20.3 Å². The summed E-state index contributed by atoms with van der Waals surface area (Å²) in [6.07, 6.45) is 2.09. The lowest BCUT2D eigenvalue weighted by Crippen LogP contribution is -2.29. The maximum Gasteiger partial charge on any atom is 0.240 e. The number of aliphatic hydroxyl groups excluding tert-OH is 1. The highest BCUT2D eigenvalue weighted by Crippen LogP contribution is 2.44. The first kappa shape index (κ1) is 15.8. The zero-order chi connectivity index (χ0) is 15.5. The SMILES string of the molecule is COc1ccc(S(=O)(=O)NCC2(C)CC2)cc1C#CCO. The van der Waals surface area contributed by atoms with Crippen LogP contribution in [-0.4, -0.2) is 33.8 Å². The van der Waals surface area contributed by atoms with Gasteiger partial charge in [0.1, 0.15) is 12.4 Å². The summed E-state index contributed by atoms with van der Waals surface area (Å²) in [5.41, 5.74) is 0.533. The summed E-state index contributed by atoms with van der Waals surface area (Å²) in [4.78, 5) is 0.148. The summed E-state index contributed by atoms with van der Waals surface area (Å²) in [5, 5.41) is 8.76. The minimum atomic E-state index is -3.56. The predicted molar refractivity (Wildman–Crippen MR) is 79.5 cm³/mol. The van der Waals surface area contributed by atoms with Crippen molar-refractivity contribution in [2.45, 2.75) is 24.7 Å². The normalized spacial score (nSPS) is 16.0. The lowest BCUT2D eigenvalue weighted by Gasteiger charge is -2.12. The molecule has 6 heteroatoms. The minimum absolute atomic E-state index is 0.0963. The van der Waals surface area contributed by atoms with Gasteiger partial charge in [-0.1, -0.05) is 18.8 Å². The third-order valence-corrected chi connectivity index (χ3v) is 4.97. The van der Waals surface area contributed by atoms with E-state index in [0.29, 0.717) is 17.9 Å². The van der Waals surface area contributed by atoms with Gasteiger partial charge in [-0.2, -0.15) is 0 Å². The van der Waals surface area contributed by atoms with Crippen molar-refractivity contribution < 1.29 is 18.3 Å². The molecule has 0 radical (unpaired) electrons. The van der Waals surface area contributed by atoms with Crippen LogP contribution in [0.4, 0.5) is 0 Å². The molecule has 0 aromatic heterocycles. The molecule has 114 valence electrons. The highest BCUT2D eigenvalue weighted by atomic mass is 32.2. The number of nitrogens with one attached hydrogen (secondary N) is 1. The average Bonchev–Trinajstić information content (AvgIpc) is 3.21. The maximum absolute atomic E-state index is 12.3. The molecule has 1 fully saturated rings. The summed E-state index contributed by atoms with van der Waals surface area (Å²) in [6.45, 7) is 2.21. The van der Waals surface area contributed by atoms with Gasteiger partial charge in [0.05, 0.1) is 17.6 Å². The fourth-order valence-corrected chi connectivity index (χ4v) is 3.05. The van der Waals surface area contributed by atoms with E-state index in [2.05, 4.69) is 23.5 Å². The Balaban J connectivity index is 2.25. The molecule has 0 aliphatic heterocycles. The molecule has 2 N–H and O–H groups in total. The first-order valence-electron chi connectivity index (χ1n) is 6.68. The molecule has 0 saturated heterocycles. The second-order valence-corrected chi connectivity index (χ2v) is 7.22. The number of methoxy groups -OCH3 is 1. The molecule has 2 rings (SSSR count). The van der Waals surface area contributed by atoms with Gasteiger partial charge in [0, 0.05) is 6.54 Å². The van der Waals surface area contributed by atoms with Gasteiger partial charge in [0.2, 0.25) is 10.0 Å². The van der Waals surface area contributed by atoms with Crippen molar-refractivity contribution >= 4 is 10.0 Å². The number of sulfonamides is 1. The smallest absolute Gasteiger partial charge is 0.240 e. The summed E-state index contributed by atoms with van der Waals surface area (Å²) in [7, 11) is -2.08. The van der Waals surface area contributed by atoms with Gasteiger partial charge in [-0.25, -0.2) is 13.1 Å². The van der Waals surface area contributed by atoms with E-state index in [0.717, 1.165) is 12.8 Å². The molecule has 0 amide bonds. The van der Waals surface area contributed by atoms with Crippen molar-refractivity contribution in [3.63, 3.8) is 0 Å². The maximum atomic E-state index is 12.3. The largest absolute Gasteiger partial charge is 0.495 e. The number of benzene rings is 1. The molecule has 0 bridgehead atoms. The van der Waals surface area contributed by atoms with Gasteiger partial charge in [-0.3, -0.25) is 0 Å². The minimum Gasteiger partial charge on any atom is -0.495 e. The van der Waals surface area contributed by atoms with Crippen LogP contribution in [0.2, 0.25) is 0 Å². The highest BCUT2D eigenvalue weighted by Gasteiger charge is 2.38. The van der Waals surface area contributed by atoms with Crippen LogP contribution in [0.25, 0.3) is 0 Å². The van der Waals surface area contributed by atoms with E-state index in [1.807, 2.05) is 0 Å². The lowest BCUT2D eigenvalue weighted by atomic mass is 10.2. The molecule has 5 nitrogen and oxygen atoms in total. The highest BCUT2D eigenvalue weighted by molar-refractivity contribution is 7.89. The Morgan fingerprint density at radius 1 is 1.43 bits per heavy atom. The zero-order valence-electron chi connectivity index (χ0n) is 12.1. The van der Waals surface area contributed by atoms with Crippen LogP contribution in [-0.2, 0) is 10.0 Å². The Hall–Kier alpha value is -1.55. The molecule has 0 atom stereocenters. The van der Waals surface area contributed by atoms with Gasteiger partial charge in [0.25, 0.3) is 0 Å². The molecule has 1 aromatic carbocycles. The van der Waals surface area contributed by atoms with Crippen molar-refractivity contribution in [3.05, 3.63) is 23.8 Å². The van der Waals surface area contributed by atoms with Crippen LogP contribution in [0.3, 0.4) is 0 Å². The standard InChI is InChI=1S/C15H19NO4S/c1-15(7-8-15)11-16-21(18,19)13-5-6-14(20-2)12(10-13)4-3-9-17/h5-6,10,16-17H,7-9,11H2,1-2H3. The fourth-order valence-electron chi connectivity index (χ4n) is 1.83. The predicted octanol–water partition coefficient (Wildman–Crippen LogP) is 1.12. The Morgan fingerprint density at radius 3 is 2.71 bits per heavy atom. The van der Waals surface area contributed by atoms with Crippen LogP contribution >= 0.6 is 0 Å². The average molecular weight is 309 g/mol. The monoisotopic (exact) mass is 309 g/mol. The molecular formula is C15H19NO4S. The first-order chi connectivity index (χ1) is 9.90. The lowest BCUT2D eigenvalue weighted by molar-refractivity contribution is 0.350. The van der Waals surface area contributed by atoms with Crippen LogP contribution in [0.1, 0.15) is 25.3 Å². The van der Waals surface area contributed by atoms with E-state index in [-0.39, 0.29) is 16.9 Å². The van der Waals surface area contributed by atoms with Crippen molar-refractivity contribution in [1.82, 2.24) is 4.72 Å². The zero-order valence-corrected chi connectivity index (χ0v) is 13.0. The van der Waals surface area contributed by atoms with E-state index in [1.54, 1.807) is 6.07 Å². The molecule has 0 heterocycles. The number of hydrogen-bond acceptors (Lipinski definition) is 4. The van der Waals surface area contributed by atoms with Gasteiger partial charge >= 0.3 is 0 Å². The number of aliphatic hydroxyl groups is 1. The number of rotatable bonds is 5. The first-order valence-corrected chi connectivity index (χ1v) is 8.16. The molecular weight excluding hydrogens is 290 g/mol. The third-order valence-electron chi connectivity index (χ3n) is 3.58. The van der Waals surface area contributed by atoms with Crippen LogP contribution in [0.15, 0.2) is 23.1 Å². The topological polar surface area (TPSA) is 75.6 Å². The molecule has 1 saturated carbocycles. The second-order valence-electron chi connectivity index (χ2n) is 5.46. The third kappa shape index (κ3) is 3.97. The Labute approximate surface area is 125 Å². The molecule has 1 aliphatic rings. The molecule has 0 unspecified atom stereocenters. The summed E-state index contributed by atoms with van der Waals surface area (Å²) in [5.74, 6) is 5.66. The summed E-state index contributed by atoms with van der Waals surface area (Å²) >= 11 is 0. The van der Waals surface area contributed by atoms with E-state index >= 15 is 0 Å². The quantitative estimate of drug-likeness (QED) is 0.799. The van der Waals surface area contributed by atoms with Gasteiger partial charge in [0.15, 0.2) is 0 Å². The van der Waals surface area contributed by atoms with E-state index in [4.69, 9.17) is 9.84 Å². The van der Waals surface area contributed by atoms with Gasteiger partial charge < -0.3 is 9.84 Å². The van der Waals surface area contributed by atoms with Gasteiger partial charge in [-0.05, 0) is 36.5 Å². The molecule has 0 spiro atoms. The molecule has 1 aromatic rings. The summed E-state index contributed by atoms with van der Waals surface area (Å²) < 4.78 is 32.3. The van der Waals surface area contributed by atoms with E-state index in [9.17, 15) is 8.42 Å². The number of hydrogen-bond donors (Lipinski definition) is 2. The van der Waals surface area contributed by atoms with Crippen molar-refractivity contribution in [2.24, 2.45) is 5.41 Å². The van der Waals surface area contributed by atoms with Crippen LogP contribution in [0, 0.1) is 17.3 Å². The second kappa shape index (κ2) is 6.06. The Bertz CT molecular complexity index is 681. The van der Waals surface area contributed by atoms with Gasteiger partial charge in [-0.15, -0.1) is 0 Å². The van der Waals surface area contributed by atoms with E-state index in [1.165, 1.54) is 19.2 Å². The van der Waals surface area contributed by atoms with Crippen LogP contribution < -0.4 is 9.46 Å².